The number of nitrogens with zero attached hydrogens (tertiary/aromatic N) is 2. The van der Waals surface area contributed by atoms with Crippen molar-refractivity contribution in [3.8, 4) is 11.5 Å². The van der Waals surface area contributed by atoms with Gasteiger partial charge in [0.25, 0.3) is 11.8 Å². The smallest absolute Gasteiger partial charge is 0.346 e. The molecule has 1 aliphatic heterocycles. The van der Waals surface area contributed by atoms with Crippen molar-refractivity contribution in [2.75, 3.05) is 14.2 Å². The first-order valence-corrected chi connectivity index (χ1v) is 10.4. The highest BCUT2D eigenvalue weighted by molar-refractivity contribution is 9.10. The molecule has 1 saturated carbocycles. The maximum atomic E-state index is 12.7. The van der Waals surface area contributed by atoms with Crippen LogP contribution in [-0.2, 0) is 19.1 Å². The Labute approximate surface area is 182 Å². The minimum atomic E-state index is -0.821. The number of carbonyl (C=O) groups is 3. The second-order valence-electron chi connectivity index (χ2n) is 7.54. The number of amides is 2. The summed E-state index contributed by atoms with van der Waals surface area (Å²) >= 11 is 3.43. The standard InChI is InChI=1S/C21H21BrN2O6/c1-10(21(27)29-3)30-16-8-14(22)13(7-15(16)28-2)9-23-24-19(25)17-11-4-5-12(6-11)18(17)20(24)26/h4-5,7-12,17-18H,6H2,1-3H3/t10-,11-,12-,17-,18+/m0/s1. The van der Waals surface area contributed by atoms with Gasteiger partial charge in [0, 0.05) is 10.0 Å². The van der Waals surface area contributed by atoms with Crippen molar-refractivity contribution in [1.82, 2.24) is 5.01 Å². The molecule has 2 amide bonds. The topological polar surface area (TPSA) is 94.5 Å². The summed E-state index contributed by atoms with van der Waals surface area (Å²) in [6, 6.07) is 3.27. The number of hydrogen-bond acceptors (Lipinski definition) is 7. The number of halogens is 1. The van der Waals surface area contributed by atoms with Crippen LogP contribution in [0.1, 0.15) is 18.9 Å². The van der Waals surface area contributed by atoms with Crippen molar-refractivity contribution in [3.63, 3.8) is 0 Å². The fraction of sp³-hybridized carbons (Fsp3) is 0.429. The molecule has 1 aromatic rings. The zero-order chi connectivity index (χ0) is 21.6. The Morgan fingerprint density at radius 3 is 2.37 bits per heavy atom. The largest absolute Gasteiger partial charge is 0.493 e. The van der Waals surface area contributed by atoms with Crippen molar-refractivity contribution >= 4 is 39.9 Å². The molecule has 1 heterocycles. The summed E-state index contributed by atoms with van der Waals surface area (Å²) in [6.07, 6.45) is 5.57. The van der Waals surface area contributed by atoms with E-state index in [0.29, 0.717) is 21.5 Å². The van der Waals surface area contributed by atoms with E-state index in [1.807, 2.05) is 12.2 Å². The molecule has 9 heteroatoms. The number of esters is 1. The number of hydrogen-bond donors (Lipinski definition) is 0. The molecule has 0 spiro atoms. The third-order valence-corrected chi connectivity index (χ3v) is 6.57. The van der Waals surface area contributed by atoms with E-state index in [-0.39, 0.29) is 35.5 Å². The number of carbonyl (C=O) groups excluding carboxylic acids is 3. The zero-order valence-electron chi connectivity index (χ0n) is 16.7. The summed E-state index contributed by atoms with van der Waals surface area (Å²) in [5.74, 6) is -0.608. The van der Waals surface area contributed by atoms with Crippen LogP contribution in [0.3, 0.4) is 0 Å². The normalized spacial score (nSPS) is 27.7. The van der Waals surface area contributed by atoms with Gasteiger partial charge < -0.3 is 14.2 Å². The molecule has 3 aliphatic rings. The number of allylic oxidation sites excluding steroid dienone is 2. The van der Waals surface area contributed by atoms with Crippen molar-refractivity contribution < 1.29 is 28.6 Å². The number of fused-ring (bicyclic) bond motifs is 5. The molecule has 0 radical (unpaired) electrons. The van der Waals surface area contributed by atoms with E-state index in [1.54, 1.807) is 19.1 Å². The van der Waals surface area contributed by atoms with E-state index in [2.05, 4.69) is 25.8 Å². The molecule has 2 bridgehead atoms. The number of imide groups is 1. The highest BCUT2D eigenvalue weighted by Crippen LogP contribution is 2.52. The average Bonchev–Trinajstić information content (AvgIpc) is 3.41. The van der Waals surface area contributed by atoms with Crippen LogP contribution in [-0.4, -0.2) is 49.3 Å². The quantitative estimate of drug-likeness (QED) is 0.271. The third-order valence-electron chi connectivity index (χ3n) is 5.88. The van der Waals surface area contributed by atoms with Gasteiger partial charge in [-0.25, -0.2) is 4.79 Å². The highest BCUT2D eigenvalue weighted by Gasteiger charge is 2.59. The molecule has 4 rings (SSSR count). The Hall–Kier alpha value is -2.68. The maximum Gasteiger partial charge on any atom is 0.346 e. The maximum absolute atomic E-state index is 12.7. The third kappa shape index (κ3) is 3.30. The van der Waals surface area contributed by atoms with Gasteiger partial charge in [0.15, 0.2) is 17.6 Å². The first kappa shape index (κ1) is 20.6. The lowest BCUT2D eigenvalue weighted by Gasteiger charge is -2.16. The van der Waals surface area contributed by atoms with Gasteiger partial charge in [-0.2, -0.15) is 10.1 Å². The van der Waals surface area contributed by atoms with Crippen LogP contribution in [0.2, 0.25) is 0 Å². The van der Waals surface area contributed by atoms with Crippen molar-refractivity contribution in [1.29, 1.82) is 0 Å². The average molecular weight is 477 g/mol. The highest BCUT2D eigenvalue weighted by atomic mass is 79.9. The van der Waals surface area contributed by atoms with Crippen molar-refractivity contribution in [2.24, 2.45) is 28.8 Å². The van der Waals surface area contributed by atoms with Gasteiger partial charge in [-0.1, -0.05) is 12.2 Å². The van der Waals surface area contributed by atoms with Gasteiger partial charge in [0.05, 0.1) is 32.3 Å². The molecule has 158 valence electrons. The van der Waals surface area contributed by atoms with E-state index in [9.17, 15) is 14.4 Å². The van der Waals surface area contributed by atoms with Crippen LogP contribution in [0.25, 0.3) is 0 Å². The molecule has 30 heavy (non-hydrogen) atoms. The van der Waals surface area contributed by atoms with Crippen LogP contribution in [0.4, 0.5) is 0 Å². The lowest BCUT2D eigenvalue weighted by Crippen LogP contribution is -2.28. The minimum Gasteiger partial charge on any atom is -0.493 e. The van der Waals surface area contributed by atoms with Crippen LogP contribution in [0.5, 0.6) is 11.5 Å². The fourth-order valence-electron chi connectivity index (χ4n) is 4.43. The fourth-order valence-corrected chi connectivity index (χ4v) is 4.85. The first-order valence-electron chi connectivity index (χ1n) is 9.57. The lowest BCUT2D eigenvalue weighted by atomic mass is 9.85. The van der Waals surface area contributed by atoms with Crippen molar-refractivity contribution in [2.45, 2.75) is 19.4 Å². The second kappa shape index (κ2) is 7.86. The van der Waals surface area contributed by atoms with E-state index < -0.39 is 12.1 Å². The number of ether oxygens (including phenoxy) is 3. The first-order chi connectivity index (χ1) is 14.3. The Balaban J connectivity index is 1.55. The molecular formula is C21H21BrN2O6. The van der Waals surface area contributed by atoms with Crippen LogP contribution in [0.15, 0.2) is 33.9 Å². The summed E-state index contributed by atoms with van der Waals surface area (Å²) in [7, 11) is 2.75. The monoisotopic (exact) mass is 476 g/mol. The summed E-state index contributed by atoms with van der Waals surface area (Å²) in [5, 5.41) is 5.17. The molecule has 0 unspecified atom stereocenters. The molecule has 0 N–H and O–H groups in total. The summed E-state index contributed by atoms with van der Waals surface area (Å²) in [5.41, 5.74) is 0.587. The predicted molar refractivity (Wildman–Crippen MR) is 110 cm³/mol. The second-order valence-corrected chi connectivity index (χ2v) is 8.39. The molecule has 0 aromatic heterocycles. The molecule has 1 aromatic carbocycles. The van der Waals surface area contributed by atoms with Gasteiger partial charge in [-0.15, -0.1) is 0 Å². The molecule has 2 aliphatic carbocycles. The van der Waals surface area contributed by atoms with Crippen LogP contribution >= 0.6 is 15.9 Å². The van der Waals surface area contributed by atoms with Crippen LogP contribution in [0, 0.1) is 23.7 Å². The SMILES string of the molecule is COC(=O)[C@H](C)Oc1cc(Br)c(C=NN2C(=O)[C@@H]3[C@H](C2=O)[C@H]2C=C[C@H]3C2)cc1OC. The molecule has 5 atom stereocenters. The molecule has 2 fully saturated rings. The summed E-state index contributed by atoms with van der Waals surface area (Å²) < 4.78 is 16.2. The van der Waals surface area contributed by atoms with Crippen molar-refractivity contribution in [3.05, 3.63) is 34.3 Å². The van der Waals surface area contributed by atoms with E-state index in [4.69, 9.17) is 9.47 Å². The zero-order valence-corrected chi connectivity index (χ0v) is 18.3. The van der Waals surface area contributed by atoms with Gasteiger partial charge in [-0.3, -0.25) is 9.59 Å². The van der Waals surface area contributed by atoms with Gasteiger partial charge in [0.1, 0.15) is 0 Å². The Bertz CT molecular complexity index is 944. The van der Waals surface area contributed by atoms with Gasteiger partial charge in [-0.05, 0) is 53.2 Å². The Morgan fingerprint density at radius 1 is 1.17 bits per heavy atom. The summed E-state index contributed by atoms with van der Waals surface area (Å²) in [4.78, 5) is 37.1. The van der Waals surface area contributed by atoms with Gasteiger partial charge in [0.2, 0.25) is 0 Å². The Morgan fingerprint density at radius 2 is 1.80 bits per heavy atom. The lowest BCUT2D eigenvalue weighted by molar-refractivity contribution is -0.148. The molecule has 1 saturated heterocycles. The number of rotatable bonds is 6. The predicted octanol–water partition coefficient (Wildman–Crippen LogP) is 2.54. The van der Waals surface area contributed by atoms with E-state index >= 15 is 0 Å². The summed E-state index contributed by atoms with van der Waals surface area (Å²) in [6.45, 7) is 1.57. The number of hydrazone groups is 1. The number of methoxy groups -OCH3 is 2. The number of benzene rings is 1. The van der Waals surface area contributed by atoms with Gasteiger partial charge >= 0.3 is 5.97 Å². The Kier molecular flexibility index (Phi) is 5.40. The molecular weight excluding hydrogens is 456 g/mol. The van der Waals surface area contributed by atoms with E-state index in [0.717, 1.165) is 11.4 Å². The minimum absolute atomic E-state index is 0.136. The van der Waals surface area contributed by atoms with E-state index in [1.165, 1.54) is 20.4 Å². The van der Waals surface area contributed by atoms with Crippen LogP contribution < -0.4 is 9.47 Å². The molecule has 8 nitrogen and oxygen atoms in total.